The number of carbonyl (C=O) groups is 1. The highest BCUT2D eigenvalue weighted by molar-refractivity contribution is 9.10. The normalized spacial score (nSPS) is 11.0. The first-order chi connectivity index (χ1) is 11.8. The number of nitrogens with one attached hydrogen (secondary N) is 1. The molecule has 0 aliphatic rings. The number of benzene rings is 2. The summed E-state index contributed by atoms with van der Waals surface area (Å²) < 4.78 is 31.3. The van der Waals surface area contributed by atoms with Gasteiger partial charge in [-0.3, -0.25) is 9.10 Å². The zero-order chi connectivity index (χ0) is 18.4. The van der Waals surface area contributed by atoms with Crippen LogP contribution in [-0.4, -0.2) is 33.7 Å². The summed E-state index contributed by atoms with van der Waals surface area (Å²) in [6.45, 7) is 2.05. The third-order valence-corrected chi connectivity index (χ3v) is 5.03. The van der Waals surface area contributed by atoms with Crippen molar-refractivity contribution in [3.63, 3.8) is 0 Å². The molecule has 0 unspecified atom stereocenters. The number of sulfonamides is 1. The van der Waals surface area contributed by atoms with E-state index in [9.17, 15) is 13.2 Å². The van der Waals surface area contributed by atoms with Crippen molar-refractivity contribution in [2.75, 3.05) is 29.0 Å². The first kappa shape index (κ1) is 19.3. The molecule has 0 aromatic heterocycles. The van der Waals surface area contributed by atoms with Gasteiger partial charge in [-0.25, -0.2) is 8.42 Å². The average Bonchev–Trinajstić information content (AvgIpc) is 2.53. The molecule has 0 aliphatic carbocycles. The van der Waals surface area contributed by atoms with Gasteiger partial charge in [0, 0.05) is 16.2 Å². The van der Waals surface area contributed by atoms with Gasteiger partial charge < -0.3 is 10.1 Å². The molecule has 0 saturated heterocycles. The Balaban J connectivity index is 2.18. The van der Waals surface area contributed by atoms with Gasteiger partial charge in [-0.2, -0.15) is 0 Å². The van der Waals surface area contributed by atoms with Crippen LogP contribution in [0.4, 0.5) is 11.4 Å². The monoisotopic (exact) mass is 426 g/mol. The Morgan fingerprint density at radius 3 is 2.56 bits per heavy atom. The van der Waals surface area contributed by atoms with Crippen molar-refractivity contribution in [2.24, 2.45) is 0 Å². The van der Waals surface area contributed by atoms with E-state index in [1.54, 1.807) is 48.5 Å². The molecule has 0 spiro atoms. The fraction of sp³-hybridized carbons (Fsp3) is 0.235. The quantitative estimate of drug-likeness (QED) is 0.736. The largest absolute Gasteiger partial charge is 0.494 e. The summed E-state index contributed by atoms with van der Waals surface area (Å²) >= 11 is 3.32. The molecule has 0 atom stereocenters. The van der Waals surface area contributed by atoms with E-state index in [1.165, 1.54) is 0 Å². The number of hydrogen-bond acceptors (Lipinski definition) is 4. The number of amides is 1. The first-order valence-electron chi connectivity index (χ1n) is 7.56. The lowest BCUT2D eigenvalue weighted by atomic mass is 10.3. The third kappa shape index (κ3) is 5.47. The molecule has 0 heterocycles. The third-order valence-electron chi connectivity index (χ3n) is 3.24. The molecule has 8 heteroatoms. The Morgan fingerprint density at radius 1 is 1.20 bits per heavy atom. The molecular weight excluding hydrogens is 408 g/mol. The van der Waals surface area contributed by atoms with E-state index in [2.05, 4.69) is 21.2 Å². The van der Waals surface area contributed by atoms with Crippen LogP contribution in [-0.2, 0) is 14.8 Å². The molecule has 0 aliphatic heterocycles. The Bertz CT molecular complexity index is 855. The van der Waals surface area contributed by atoms with Crippen LogP contribution in [0.5, 0.6) is 5.75 Å². The summed E-state index contributed by atoms with van der Waals surface area (Å²) in [5, 5.41) is 2.69. The highest BCUT2D eigenvalue weighted by Gasteiger charge is 2.22. The summed E-state index contributed by atoms with van der Waals surface area (Å²) in [4.78, 5) is 12.3. The highest BCUT2D eigenvalue weighted by atomic mass is 79.9. The number of hydrogen-bond donors (Lipinski definition) is 1. The van der Waals surface area contributed by atoms with Crippen LogP contribution in [0, 0.1) is 0 Å². The van der Waals surface area contributed by atoms with Crippen LogP contribution < -0.4 is 14.4 Å². The summed E-state index contributed by atoms with van der Waals surface area (Å²) in [6, 6.07) is 13.8. The maximum absolute atomic E-state index is 12.3. The maximum Gasteiger partial charge on any atom is 0.245 e. The van der Waals surface area contributed by atoms with Gasteiger partial charge in [0.1, 0.15) is 12.3 Å². The fourth-order valence-electron chi connectivity index (χ4n) is 2.20. The number of ether oxygens (including phenoxy) is 1. The van der Waals surface area contributed by atoms with Gasteiger partial charge in [-0.05, 0) is 47.1 Å². The lowest BCUT2D eigenvalue weighted by Crippen LogP contribution is -2.37. The number of carbonyl (C=O) groups excluding carboxylic acids is 1. The fourth-order valence-corrected chi connectivity index (χ4v) is 3.68. The van der Waals surface area contributed by atoms with Crippen LogP contribution in [0.15, 0.2) is 53.0 Å². The number of para-hydroxylation sites is 1. The molecule has 134 valence electrons. The predicted octanol–water partition coefficient (Wildman–Crippen LogP) is 3.25. The van der Waals surface area contributed by atoms with E-state index in [-0.39, 0.29) is 6.54 Å². The van der Waals surface area contributed by atoms with Crippen LogP contribution >= 0.6 is 15.9 Å². The van der Waals surface area contributed by atoms with Crippen LogP contribution in [0.25, 0.3) is 0 Å². The summed E-state index contributed by atoms with van der Waals surface area (Å²) in [5.74, 6) is 0.181. The molecule has 1 N–H and O–H groups in total. The smallest absolute Gasteiger partial charge is 0.245 e. The lowest BCUT2D eigenvalue weighted by Gasteiger charge is -2.23. The minimum absolute atomic E-state index is 0.333. The van der Waals surface area contributed by atoms with E-state index < -0.39 is 15.9 Å². The molecule has 2 aromatic rings. The second-order valence-corrected chi connectivity index (χ2v) is 7.99. The second-order valence-electron chi connectivity index (χ2n) is 5.23. The maximum atomic E-state index is 12.3. The summed E-state index contributed by atoms with van der Waals surface area (Å²) in [6.07, 6.45) is 1.06. The Morgan fingerprint density at radius 2 is 1.92 bits per heavy atom. The van der Waals surface area contributed by atoms with E-state index in [0.29, 0.717) is 28.2 Å². The molecule has 1 amide bonds. The van der Waals surface area contributed by atoms with Crippen molar-refractivity contribution >= 4 is 43.2 Å². The Hall–Kier alpha value is -2.06. The van der Waals surface area contributed by atoms with E-state index in [4.69, 9.17) is 4.74 Å². The molecule has 0 saturated carbocycles. The Kier molecular flexibility index (Phi) is 6.44. The second kappa shape index (κ2) is 8.35. The van der Waals surface area contributed by atoms with Crippen molar-refractivity contribution in [1.29, 1.82) is 0 Å². The first-order valence-corrected chi connectivity index (χ1v) is 10.2. The molecule has 6 nitrogen and oxygen atoms in total. The minimum atomic E-state index is -3.63. The van der Waals surface area contributed by atoms with Crippen molar-refractivity contribution in [3.8, 4) is 5.75 Å². The number of rotatable bonds is 7. The SMILES string of the molecule is CCOc1cccc(NC(=O)CN(c2ccccc2Br)S(C)(=O)=O)c1. The van der Waals surface area contributed by atoms with E-state index in [1.807, 2.05) is 6.92 Å². The predicted molar refractivity (Wildman–Crippen MR) is 103 cm³/mol. The van der Waals surface area contributed by atoms with Gasteiger partial charge in [0.25, 0.3) is 0 Å². The topological polar surface area (TPSA) is 75.7 Å². The number of nitrogens with zero attached hydrogens (tertiary/aromatic N) is 1. The molecular formula is C17H19BrN2O4S. The van der Waals surface area contributed by atoms with Crippen molar-refractivity contribution < 1.29 is 17.9 Å². The lowest BCUT2D eigenvalue weighted by molar-refractivity contribution is -0.114. The molecule has 0 bridgehead atoms. The summed E-state index contributed by atoms with van der Waals surface area (Å²) in [5.41, 5.74) is 0.944. The molecule has 25 heavy (non-hydrogen) atoms. The van der Waals surface area contributed by atoms with E-state index >= 15 is 0 Å². The zero-order valence-corrected chi connectivity index (χ0v) is 16.3. The Labute approximate surface area is 156 Å². The van der Waals surface area contributed by atoms with Gasteiger partial charge in [-0.15, -0.1) is 0 Å². The molecule has 0 radical (unpaired) electrons. The van der Waals surface area contributed by atoms with Gasteiger partial charge >= 0.3 is 0 Å². The van der Waals surface area contributed by atoms with E-state index in [0.717, 1.165) is 10.6 Å². The van der Waals surface area contributed by atoms with Crippen molar-refractivity contribution in [1.82, 2.24) is 0 Å². The van der Waals surface area contributed by atoms with Crippen LogP contribution in [0.2, 0.25) is 0 Å². The molecule has 0 fully saturated rings. The van der Waals surface area contributed by atoms with Gasteiger partial charge in [0.05, 0.1) is 18.6 Å². The van der Waals surface area contributed by atoms with Crippen LogP contribution in [0.3, 0.4) is 0 Å². The number of halogens is 1. The van der Waals surface area contributed by atoms with Crippen molar-refractivity contribution in [2.45, 2.75) is 6.92 Å². The van der Waals surface area contributed by atoms with Gasteiger partial charge in [0.2, 0.25) is 15.9 Å². The van der Waals surface area contributed by atoms with Crippen molar-refractivity contribution in [3.05, 3.63) is 53.0 Å². The zero-order valence-electron chi connectivity index (χ0n) is 13.9. The van der Waals surface area contributed by atoms with Gasteiger partial charge in [-0.1, -0.05) is 18.2 Å². The number of anilines is 2. The molecule has 2 rings (SSSR count). The minimum Gasteiger partial charge on any atom is -0.494 e. The summed E-state index contributed by atoms with van der Waals surface area (Å²) in [7, 11) is -3.63. The highest BCUT2D eigenvalue weighted by Crippen LogP contribution is 2.27. The van der Waals surface area contributed by atoms with Crippen LogP contribution in [0.1, 0.15) is 6.92 Å². The standard InChI is InChI=1S/C17H19BrN2O4S/c1-3-24-14-8-6-7-13(11-14)19-17(21)12-20(25(2,22)23)16-10-5-4-9-15(16)18/h4-11H,3,12H2,1-2H3,(H,19,21). The van der Waals surface area contributed by atoms with Gasteiger partial charge in [0.15, 0.2) is 0 Å². The molecule has 2 aromatic carbocycles. The average molecular weight is 427 g/mol.